The van der Waals surface area contributed by atoms with Gasteiger partial charge in [-0.2, -0.15) is 0 Å². The lowest BCUT2D eigenvalue weighted by Gasteiger charge is -2.08. The summed E-state index contributed by atoms with van der Waals surface area (Å²) >= 11 is 1.53. The summed E-state index contributed by atoms with van der Waals surface area (Å²) in [6.07, 6.45) is 0. The lowest BCUT2D eigenvalue weighted by molar-refractivity contribution is -0.384. The molecule has 1 aliphatic rings. The molecule has 0 spiro atoms. The van der Waals surface area contributed by atoms with Gasteiger partial charge in [-0.1, -0.05) is 23.9 Å². The van der Waals surface area contributed by atoms with E-state index >= 15 is 0 Å². The number of rotatable bonds is 8. The van der Waals surface area contributed by atoms with Crippen LogP contribution in [0.4, 0.5) is 11.4 Å². The molecule has 36 heavy (non-hydrogen) atoms. The molecule has 10 nitrogen and oxygen atoms in total. The molecule has 0 unspecified atom stereocenters. The third kappa shape index (κ3) is 4.86. The van der Waals surface area contributed by atoms with E-state index in [9.17, 15) is 14.9 Å². The number of fused-ring (bicyclic) bond motifs is 1. The van der Waals surface area contributed by atoms with Crippen LogP contribution in [0.2, 0.25) is 0 Å². The Morgan fingerprint density at radius 3 is 2.53 bits per heavy atom. The molecule has 182 valence electrons. The number of hydrogen-bond donors (Lipinski definition) is 1. The van der Waals surface area contributed by atoms with Crippen LogP contribution in [0.3, 0.4) is 0 Å². The summed E-state index contributed by atoms with van der Waals surface area (Å²) in [6, 6.07) is 18.9. The van der Waals surface area contributed by atoms with Crippen molar-refractivity contribution in [1.82, 2.24) is 14.8 Å². The quantitative estimate of drug-likeness (QED) is 0.199. The molecule has 0 bridgehead atoms. The first kappa shape index (κ1) is 23.4. The van der Waals surface area contributed by atoms with E-state index in [-0.39, 0.29) is 18.4 Å². The van der Waals surface area contributed by atoms with Crippen LogP contribution in [-0.4, -0.2) is 32.4 Å². The van der Waals surface area contributed by atoms with E-state index in [0.717, 1.165) is 16.3 Å². The normalized spacial score (nSPS) is 11.9. The zero-order valence-corrected chi connectivity index (χ0v) is 20.0. The molecule has 0 saturated heterocycles. The van der Waals surface area contributed by atoms with Crippen molar-refractivity contribution in [3.8, 4) is 22.9 Å². The van der Waals surface area contributed by atoms with Gasteiger partial charge in [-0.15, -0.1) is 10.2 Å². The maximum atomic E-state index is 12.6. The van der Waals surface area contributed by atoms with E-state index in [2.05, 4.69) is 15.5 Å². The predicted molar refractivity (Wildman–Crippen MR) is 134 cm³/mol. The Morgan fingerprint density at radius 2 is 1.81 bits per heavy atom. The number of nitrogens with one attached hydrogen (secondary N) is 1. The number of amides is 1. The number of benzene rings is 3. The van der Waals surface area contributed by atoms with Gasteiger partial charge in [0.25, 0.3) is 11.6 Å². The summed E-state index contributed by atoms with van der Waals surface area (Å²) in [7, 11) is 0. The van der Waals surface area contributed by atoms with Gasteiger partial charge in [-0.3, -0.25) is 14.9 Å². The highest BCUT2D eigenvalue weighted by atomic mass is 32.2. The molecular weight excluding hydrogens is 482 g/mol. The smallest absolute Gasteiger partial charge is 0.269 e. The van der Waals surface area contributed by atoms with Gasteiger partial charge in [0.15, 0.2) is 22.5 Å². The summed E-state index contributed by atoms with van der Waals surface area (Å²) in [5.74, 6) is 2.35. The number of nitrogens with zero attached hydrogens (tertiary/aromatic N) is 4. The van der Waals surface area contributed by atoms with E-state index in [4.69, 9.17) is 9.47 Å². The van der Waals surface area contributed by atoms with E-state index in [1.54, 1.807) is 42.5 Å². The average molecular weight is 504 g/mol. The van der Waals surface area contributed by atoms with Crippen LogP contribution in [0.15, 0.2) is 71.9 Å². The van der Waals surface area contributed by atoms with Crippen molar-refractivity contribution in [3.63, 3.8) is 0 Å². The number of anilines is 1. The van der Waals surface area contributed by atoms with Gasteiger partial charge in [-0.05, 0) is 48.9 Å². The lowest BCUT2D eigenvalue weighted by atomic mass is 10.1. The number of aromatic nitrogens is 3. The Balaban J connectivity index is 1.22. The number of non-ortho nitro benzene ring substituents is 1. The van der Waals surface area contributed by atoms with Gasteiger partial charge in [0.05, 0.1) is 4.92 Å². The van der Waals surface area contributed by atoms with Gasteiger partial charge < -0.3 is 19.4 Å². The fourth-order valence-electron chi connectivity index (χ4n) is 3.70. The zero-order chi connectivity index (χ0) is 25.1. The number of nitro groups is 1. The number of hydrogen-bond acceptors (Lipinski definition) is 8. The second-order valence-electron chi connectivity index (χ2n) is 7.86. The Morgan fingerprint density at radius 1 is 1.06 bits per heavy atom. The standard InChI is InChI=1S/C25H21N5O5S/c1-2-29-23(17-7-10-20(11-8-17)30(32)33)27-28-25(29)36-14-16-3-5-18(6-4-16)24(31)26-19-9-12-21-22(13-19)35-15-34-21/h3-13H,2,14-15H2,1H3,(H,26,31). The van der Waals surface area contributed by atoms with Crippen molar-refractivity contribution in [1.29, 1.82) is 0 Å². The Hall–Kier alpha value is -4.38. The molecule has 0 radical (unpaired) electrons. The summed E-state index contributed by atoms with van der Waals surface area (Å²) in [6.45, 7) is 2.83. The van der Waals surface area contributed by atoms with Crippen LogP contribution in [0.5, 0.6) is 11.5 Å². The average Bonchev–Trinajstić information content (AvgIpc) is 3.54. The van der Waals surface area contributed by atoms with E-state index in [0.29, 0.717) is 40.9 Å². The van der Waals surface area contributed by atoms with E-state index in [1.807, 2.05) is 23.6 Å². The molecule has 0 saturated carbocycles. The highest BCUT2D eigenvalue weighted by Crippen LogP contribution is 2.34. The topological polar surface area (TPSA) is 121 Å². The molecule has 0 aliphatic carbocycles. The van der Waals surface area contributed by atoms with Crippen LogP contribution >= 0.6 is 11.8 Å². The van der Waals surface area contributed by atoms with Crippen molar-refractivity contribution in [3.05, 3.63) is 88.0 Å². The Labute approximate surface area is 210 Å². The SMILES string of the molecule is CCn1c(SCc2ccc(C(=O)Nc3ccc4c(c3)OCO4)cc2)nnc1-c1ccc([N+](=O)[O-])cc1. The van der Waals surface area contributed by atoms with Gasteiger partial charge in [0.1, 0.15) is 0 Å². The van der Waals surface area contributed by atoms with Gasteiger partial charge in [0, 0.05) is 47.3 Å². The largest absolute Gasteiger partial charge is 0.454 e. The minimum Gasteiger partial charge on any atom is -0.454 e. The molecular formula is C25H21N5O5S. The van der Waals surface area contributed by atoms with Crippen molar-refractivity contribution < 1.29 is 19.2 Å². The first-order valence-electron chi connectivity index (χ1n) is 11.1. The lowest BCUT2D eigenvalue weighted by Crippen LogP contribution is -2.11. The monoisotopic (exact) mass is 503 g/mol. The number of carbonyl (C=O) groups is 1. The molecule has 5 rings (SSSR count). The Bertz CT molecular complexity index is 1420. The third-order valence-corrected chi connectivity index (χ3v) is 6.62. The second kappa shape index (κ2) is 10.1. The van der Waals surface area contributed by atoms with Crippen molar-refractivity contribution in [2.24, 2.45) is 0 Å². The summed E-state index contributed by atoms with van der Waals surface area (Å²) in [4.78, 5) is 23.1. The van der Waals surface area contributed by atoms with Crippen molar-refractivity contribution in [2.75, 3.05) is 12.1 Å². The van der Waals surface area contributed by atoms with E-state index in [1.165, 1.54) is 23.9 Å². The van der Waals surface area contributed by atoms with Crippen LogP contribution < -0.4 is 14.8 Å². The molecule has 2 heterocycles. The molecule has 0 atom stereocenters. The Kier molecular flexibility index (Phi) is 6.54. The highest BCUT2D eigenvalue weighted by molar-refractivity contribution is 7.98. The fourth-order valence-corrected chi connectivity index (χ4v) is 4.66. The summed E-state index contributed by atoms with van der Waals surface area (Å²) < 4.78 is 12.6. The molecule has 1 aromatic heterocycles. The molecule has 1 N–H and O–H groups in total. The number of carbonyl (C=O) groups excluding carboxylic acids is 1. The number of thioether (sulfide) groups is 1. The third-order valence-electron chi connectivity index (χ3n) is 5.58. The van der Waals surface area contributed by atoms with Crippen LogP contribution in [0.25, 0.3) is 11.4 Å². The van der Waals surface area contributed by atoms with E-state index < -0.39 is 4.92 Å². The maximum absolute atomic E-state index is 12.6. The molecule has 11 heteroatoms. The summed E-state index contributed by atoms with van der Waals surface area (Å²) in [5.41, 5.74) is 3.00. The van der Waals surface area contributed by atoms with Crippen molar-refractivity contribution in [2.45, 2.75) is 24.4 Å². The molecule has 3 aromatic carbocycles. The van der Waals surface area contributed by atoms with Gasteiger partial charge >= 0.3 is 0 Å². The molecule has 1 aliphatic heterocycles. The molecule has 0 fully saturated rings. The predicted octanol–water partition coefficient (Wildman–Crippen LogP) is 5.15. The van der Waals surface area contributed by atoms with Crippen LogP contribution in [0, 0.1) is 10.1 Å². The second-order valence-corrected chi connectivity index (χ2v) is 8.80. The minimum atomic E-state index is -0.429. The number of nitro benzene ring substituents is 1. The molecule has 4 aromatic rings. The first-order chi connectivity index (χ1) is 17.5. The minimum absolute atomic E-state index is 0.0314. The van der Waals surface area contributed by atoms with Crippen LogP contribution in [0.1, 0.15) is 22.8 Å². The highest BCUT2D eigenvalue weighted by Gasteiger charge is 2.16. The van der Waals surface area contributed by atoms with Crippen LogP contribution in [-0.2, 0) is 12.3 Å². The maximum Gasteiger partial charge on any atom is 0.269 e. The summed E-state index contributed by atoms with van der Waals surface area (Å²) in [5, 5.41) is 23.1. The zero-order valence-electron chi connectivity index (χ0n) is 19.2. The fraction of sp³-hybridized carbons (Fsp3) is 0.160. The number of ether oxygens (including phenoxy) is 2. The first-order valence-corrected chi connectivity index (χ1v) is 12.1. The van der Waals surface area contributed by atoms with Crippen molar-refractivity contribution >= 4 is 29.0 Å². The molecule has 1 amide bonds. The van der Waals surface area contributed by atoms with Gasteiger partial charge in [-0.25, -0.2) is 0 Å². The van der Waals surface area contributed by atoms with Gasteiger partial charge in [0.2, 0.25) is 6.79 Å².